The molecular formula is C69H55N. The van der Waals surface area contributed by atoms with Crippen molar-refractivity contribution in [3.05, 3.63) is 259 Å². The number of para-hydroxylation sites is 1. The van der Waals surface area contributed by atoms with Crippen LogP contribution in [0.15, 0.2) is 237 Å². The second kappa shape index (κ2) is 16.9. The Morgan fingerprint density at radius 2 is 0.729 bits per heavy atom. The molecule has 0 heterocycles. The van der Waals surface area contributed by atoms with Crippen molar-refractivity contribution in [2.45, 2.75) is 56.8 Å². The SMILES string of the molecule is CC1(C)c2ccccc2-c2cccc(-c3ccccc3-c3ccc(N(c4ccc5c(c4)C4(CCCCC4)c4ccccc4-5)c4ccccc4-c4ccccc4-c4ccccc4-c4ccccc4)cc3)c21. The van der Waals surface area contributed by atoms with Gasteiger partial charge in [-0.05, 0) is 138 Å². The first-order chi connectivity index (χ1) is 34.5. The summed E-state index contributed by atoms with van der Waals surface area (Å²) >= 11 is 0. The van der Waals surface area contributed by atoms with Crippen LogP contribution in [0, 0.1) is 0 Å². The molecule has 0 bridgehead atoms. The standard InChI is InChI=1S/C69H55N/c1-68(2)63-35-16-13-31-58(63)62-34-21-33-61(67(62)68)54-27-10-8-25-52(54)48-38-40-49(41-39-48)70(50-42-43-59-57-30-14-17-36-64(57)69(65(59)46-50)44-19-4-20-45-69)66-37-18-15-32-60(66)56-29-12-11-28-55(56)53-26-9-7-24-51(53)47-22-5-3-6-23-47/h3,5-18,21-43,46H,4,19-20,44-45H2,1-2H3. The molecule has 0 aliphatic heterocycles. The largest absolute Gasteiger partial charge is 0.310 e. The van der Waals surface area contributed by atoms with Crippen molar-refractivity contribution >= 4 is 17.1 Å². The van der Waals surface area contributed by atoms with Crippen LogP contribution < -0.4 is 4.90 Å². The molecule has 13 rings (SSSR count). The van der Waals surface area contributed by atoms with E-state index in [-0.39, 0.29) is 10.8 Å². The average Bonchev–Trinajstić information content (AvgIpc) is 3.83. The smallest absolute Gasteiger partial charge is 0.0540 e. The topological polar surface area (TPSA) is 3.24 Å². The van der Waals surface area contributed by atoms with Gasteiger partial charge in [-0.1, -0.05) is 239 Å². The second-order valence-electron chi connectivity index (χ2n) is 20.2. The lowest BCUT2D eigenvalue weighted by atomic mass is 9.68. The van der Waals surface area contributed by atoms with Crippen molar-refractivity contribution in [3.8, 4) is 77.9 Å². The van der Waals surface area contributed by atoms with Crippen LogP contribution in [-0.2, 0) is 10.8 Å². The summed E-state index contributed by atoms with van der Waals surface area (Å²) < 4.78 is 0. The van der Waals surface area contributed by atoms with Gasteiger partial charge in [-0.15, -0.1) is 0 Å². The minimum Gasteiger partial charge on any atom is -0.310 e. The zero-order valence-electron chi connectivity index (χ0n) is 40.0. The van der Waals surface area contributed by atoms with Gasteiger partial charge in [0.05, 0.1) is 5.69 Å². The zero-order valence-corrected chi connectivity index (χ0v) is 40.0. The van der Waals surface area contributed by atoms with Crippen LogP contribution in [0.2, 0.25) is 0 Å². The number of fused-ring (bicyclic) bond motifs is 8. The highest BCUT2D eigenvalue weighted by Gasteiger charge is 2.44. The molecule has 3 aliphatic rings. The minimum atomic E-state index is -0.122. The summed E-state index contributed by atoms with van der Waals surface area (Å²) in [6, 6.07) is 88.6. The van der Waals surface area contributed by atoms with E-state index in [9.17, 15) is 0 Å². The van der Waals surface area contributed by atoms with Gasteiger partial charge in [-0.3, -0.25) is 0 Å². The molecule has 10 aromatic carbocycles. The van der Waals surface area contributed by atoms with Gasteiger partial charge in [0, 0.05) is 27.8 Å². The van der Waals surface area contributed by atoms with Crippen LogP contribution >= 0.6 is 0 Å². The molecule has 10 aromatic rings. The highest BCUT2D eigenvalue weighted by atomic mass is 15.1. The van der Waals surface area contributed by atoms with Gasteiger partial charge in [0.25, 0.3) is 0 Å². The Balaban J connectivity index is 0.980. The van der Waals surface area contributed by atoms with Crippen molar-refractivity contribution in [1.29, 1.82) is 0 Å². The molecule has 1 heteroatoms. The van der Waals surface area contributed by atoms with Crippen LogP contribution in [-0.4, -0.2) is 0 Å². The predicted molar refractivity (Wildman–Crippen MR) is 295 cm³/mol. The molecule has 1 spiro atoms. The van der Waals surface area contributed by atoms with Crippen LogP contribution in [0.25, 0.3) is 77.9 Å². The molecule has 0 atom stereocenters. The number of nitrogens with zero attached hydrogens (tertiary/aromatic N) is 1. The van der Waals surface area contributed by atoms with E-state index >= 15 is 0 Å². The average molecular weight is 898 g/mol. The van der Waals surface area contributed by atoms with Gasteiger partial charge in [0.2, 0.25) is 0 Å². The molecule has 336 valence electrons. The number of anilines is 3. The monoisotopic (exact) mass is 897 g/mol. The number of hydrogen-bond acceptors (Lipinski definition) is 1. The fourth-order valence-corrected chi connectivity index (χ4v) is 13.0. The third-order valence-electron chi connectivity index (χ3n) is 16.1. The summed E-state index contributed by atoms with van der Waals surface area (Å²) in [6.07, 6.45) is 6.19. The molecule has 0 saturated heterocycles. The summed E-state index contributed by atoms with van der Waals surface area (Å²) in [5.74, 6) is 0. The van der Waals surface area contributed by atoms with Crippen LogP contribution in [0.1, 0.15) is 68.2 Å². The van der Waals surface area contributed by atoms with Crippen molar-refractivity contribution in [1.82, 2.24) is 0 Å². The summed E-state index contributed by atoms with van der Waals surface area (Å²) in [5.41, 5.74) is 26.9. The summed E-state index contributed by atoms with van der Waals surface area (Å²) in [7, 11) is 0. The van der Waals surface area contributed by atoms with E-state index < -0.39 is 0 Å². The van der Waals surface area contributed by atoms with E-state index in [2.05, 4.69) is 255 Å². The van der Waals surface area contributed by atoms with Crippen molar-refractivity contribution in [2.75, 3.05) is 4.90 Å². The lowest BCUT2D eigenvalue weighted by Gasteiger charge is -2.37. The van der Waals surface area contributed by atoms with Gasteiger partial charge < -0.3 is 4.90 Å². The van der Waals surface area contributed by atoms with Crippen molar-refractivity contribution < 1.29 is 0 Å². The van der Waals surface area contributed by atoms with E-state index in [1.165, 1.54) is 138 Å². The van der Waals surface area contributed by atoms with Gasteiger partial charge in [0.1, 0.15) is 0 Å². The summed E-state index contributed by atoms with van der Waals surface area (Å²) in [5, 5.41) is 0. The van der Waals surface area contributed by atoms with E-state index in [1.54, 1.807) is 0 Å². The third kappa shape index (κ3) is 6.67. The Morgan fingerprint density at radius 1 is 0.300 bits per heavy atom. The Labute approximate surface area is 413 Å². The third-order valence-corrected chi connectivity index (χ3v) is 16.1. The second-order valence-corrected chi connectivity index (χ2v) is 20.2. The molecule has 1 saturated carbocycles. The molecule has 0 N–H and O–H groups in total. The van der Waals surface area contributed by atoms with Crippen LogP contribution in [0.4, 0.5) is 17.1 Å². The van der Waals surface area contributed by atoms with Crippen LogP contribution in [0.5, 0.6) is 0 Å². The van der Waals surface area contributed by atoms with Gasteiger partial charge in [-0.25, -0.2) is 0 Å². The molecule has 1 fully saturated rings. The fourth-order valence-electron chi connectivity index (χ4n) is 13.0. The van der Waals surface area contributed by atoms with Crippen LogP contribution in [0.3, 0.4) is 0 Å². The molecule has 0 aromatic heterocycles. The van der Waals surface area contributed by atoms with Crippen molar-refractivity contribution in [2.24, 2.45) is 0 Å². The Hall–Kier alpha value is -8.00. The summed E-state index contributed by atoms with van der Waals surface area (Å²) in [6.45, 7) is 4.78. The summed E-state index contributed by atoms with van der Waals surface area (Å²) in [4.78, 5) is 2.54. The number of rotatable bonds is 8. The van der Waals surface area contributed by atoms with E-state index in [0.29, 0.717) is 0 Å². The molecule has 0 unspecified atom stereocenters. The predicted octanol–water partition coefficient (Wildman–Crippen LogP) is 19.0. The minimum absolute atomic E-state index is 0.0280. The van der Waals surface area contributed by atoms with E-state index in [1.807, 2.05) is 0 Å². The van der Waals surface area contributed by atoms with Gasteiger partial charge >= 0.3 is 0 Å². The molecule has 1 nitrogen and oxygen atoms in total. The first-order valence-electron chi connectivity index (χ1n) is 25.3. The number of benzene rings is 10. The lowest BCUT2D eigenvalue weighted by molar-refractivity contribution is 0.353. The molecule has 0 radical (unpaired) electrons. The Bertz CT molecular complexity index is 3610. The van der Waals surface area contributed by atoms with Gasteiger partial charge in [0.15, 0.2) is 0 Å². The van der Waals surface area contributed by atoms with E-state index in [4.69, 9.17) is 0 Å². The quantitative estimate of drug-likeness (QED) is 0.147. The maximum atomic E-state index is 2.56. The molecule has 70 heavy (non-hydrogen) atoms. The Morgan fingerprint density at radius 3 is 1.39 bits per heavy atom. The van der Waals surface area contributed by atoms with E-state index in [0.717, 1.165) is 11.4 Å². The first-order valence-corrected chi connectivity index (χ1v) is 25.3. The molecule has 0 amide bonds. The first kappa shape index (κ1) is 42.1. The fraction of sp³-hybridized carbons (Fsp3) is 0.130. The van der Waals surface area contributed by atoms with Crippen molar-refractivity contribution in [3.63, 3.8) is 0 Å². The maximum Gasteiger partial charge on any atom is 0.0540 e. The zero-order chi connectivity index (χ0) is 46.8. The normalized spacial score (nSPS) is 14.7. The highest BCUT2D eigenvalue weighted by Crippen LogP contribution is 2.58. The number of hydrogen-bond donors (Lipinski definition) is 0. The maximum absolute atomic E-state index is 2.56. The van der Waals surface area contributed by atoms with Gasteiger partial charge in [-0.2, -0.15) is 0 Å². The molecule has 3 aliphatic carbocycles. The highest BCUT2D eigenvalue weighted by molar-refractivity contribution is 5.98. The lowest BCUT2D eigenvalue weighted by Crippen LogP contribution is -2.28. The Kier molecular flexibility index (Phi) is 10.2. The molecular weight excluding hydrogens is 843 g/mol.